The minimum atomic E-state index is -0.496. The van der Waals surface area contributed by atoms with Crippen molar-refractivity contribution in [2.24, 2.45) is 0 Å². The maximum absolute atomic E-state index is 10.7. The Morgan fingerprint density at radius 1 is 1.64 bits per heavy atom. The van der Waals surface area contributed by atoms with Crippen molar-refractivity contribution in [3.05, 3.63) is 23.5 Å². The third-order valence-corrected chi connectivity index (χ3v) is 1.74. The number of nitrogens with zero attached hydrogens (tertiary/aromatic N) is 1. The lowest BCUT2D eigenvalue weighted by molar-refractivity contribution is -0.903. The SMILES string of the molecule is COC(=O)COc1ccc(Cl)[n+](O)c1. The number of pyridine rings is 1. The van der Waals surface area contributed by atoms with Crippen LogP contribution in [0.2, 0.25) is 5.15 Å². The van der Waals surface area contributed by atoms with Gasteiger partial charge in [0.05, 0.1) is 7.11 Å². The molecule has 6 heteroatoms. The number of methoxy groups -OCH3 is 1. The monoisotopic (exact) mass is 218 g/mol. The van der Waals surface area contributed by atoms with E-state index in [2.05, 4.69) is 4.74 Å². The molecule has 76 valence electrons. The van der Waals surface area contributed by atoms with Gasteiger partial charge in [0.15, 0.2) is 12.4 Å². The second-order valence-electron chi connectivity index (χ2n) is 2.40. The van der Waals surface area contributed by atoms with Crippen molar-refractivity contribution in [2.75, 3.05) is 13.7 Å². The number of ether oxygens (including phenoxy) is 2. The molecule has 0 aliphatic carbocycles. The molecular formula is C8H9ClNO4+. The third-order valence-electron chi connectivity index (χ3n) is 1.44. The quantitative estimate of drug-likeness (QED) is 0.346. The number of esters is 1. The first-order chi connectivity index (χ1) is 6.63. The molecule has 0 aliphatic heterocycles. The number of carbonyl (C=O) groups excluding carboxylic acids is 1. The molecule has 0 saturated carbocycles. The summed E-state index contributed by atoms with van der Waals surface area (Å²) in [7, 11) is 1.26. The van der Waals surface area contributed by atoms with Gasteiger partial charge in [0.1, 0.15) is 0 Å². The van der Waals surface area contributed by atoms with Crippen molar-refractivity contribution in [1.82, 2.24) is 0 Å². The van der Waals surface area contributed by atoms with E-state index in [-0.39, 0.29) is 11.8 Å². The van der Waals surface area contributed by atoms with E-state index in [0.717, 1.165) is 0 Å². The molecule has 0 unspecified atom stereocenters. The van der Waals surface area contributed by atoms with Crippen LogP contribution >= 0.6 is 11.6 Å². The molecule has 5 nitrogen and oxygen atoms in total. The van der Waals surface area contributed by atoms with E-state index in [1.807, 2.05) is 0 Å². The minimum Gasteiger partial charge on any atom is -0.475 e. The van der Waals surface area contributed by atoms with Gasteiger partial charge in [-0.1, -0.05) is 0 Å². The zero-order chi connectivity index (χ0) is 10.6. The smallest absolute Gasteiger partial charge is 0.343 e. The first-order valence-corrected chi connectivity index (χ1v) is 4.11. The van der Waals surface area contributed by atoms with Crippen LogP contribution in [0.15, 0.2) is 18.3 Å². The number of hydrogen-bond acceptors (Lipinski definition) is 4. The van der Waals surface area contributed by atoms with Crippen molar-refractivity contribution in [3.8, 4) is 5.75 Å². The molecule has 1 aromatic heterocycles. The van der Waals surface area contributed by atoms with Crippen LogP contribution in [0.3, 0.4) is 0 Å². The van der Waals surface area contributed by atoms with Crippen molar-refractivity contribution in [1.29, 1.82) is 0 Å². The number of carbonyl (C=O) groups is 1. The topological polar surface area (TPSA) is 59.6 Å². The van der Waals surface area contributed by atoms with Gasteiger partial charge < -0.3 is 9.47 Å². The first-order valence-electron chi connectivity index (χ1n) is 3.73. The fraction of sp³-hybridized carbons (Fsp3) is 0.250. The summed E-state index contributed by atoms with van der Waals surface area (Å²) < 4.78 is 10.0. The maximum Gasteiger partial charge on any atom is 0.343 e. The van der Waals surface area contributed by atoms with E-state index in [1.54, 1.807) is 0 Å². The Morgan fingerprint density at radius 3 is 2.93 bits per heavy atom. The summed E-state index contributed by atoms with van der Waals surface area (Å²) in [5.74, 6) is -0.174. The molecule has 0 spiro atoms. The van der Waals surface area contributed by atoms with Crippen LogP contribution in [0.4, 0.5) is 0 Å². The number of rotatable bonds is 3. The van der Waals surface area contributed by atoms with Gasteiger partial charge in [-0.3, -0.25) is 5.21 Å². The lowest BCUT2D eigenvalue weighted by Gasteiger charge is -2.01. The van der Waals surface area contributed by atoms with E-state index in [9.17, 15) is 4.79 Å². The highest BCUT2D eigenvalue weighted by Gasteiger charge is 2.10. The first kappa shape index (κ1) is 10.6. The third kappa shape index (κ3) is 2.77. The largest absolute Gasteiger partial charge is 0.475 e. The van der Waals surface area contributed by atoms with Crippen LogP contribution in [0.1, 0.15) is 0 Å². The zero-order valence-electron chi connectivity index (χ0n) is 7.44. The van der Waals surface area contributed by atoms with E-state index in [4.69, 9.17) is 21.5 Å². The number of hydrogen-bond donors (Lipinski definition) is 1. The number of aromatic nitrogens is 1. The highest BCUT2D eigenvalue weighted by molar-refractivity contribution is 6.28. The lowest BCUT2D eigenvalue weighted by Crippen LogP contribution is -2.30. The molecule has 1 rings (SSSR count). The second-order valence-corrected chi connectivity index (χ2v) is 2.78. The van der Waals surface area contributed by atoms with E-state index in [0.29, 0.717) is 10.5 Å². The summed E-state index contributed by atoms with van der Waals surface area (Å²) >= 11 is 5.54. The summed E-state index contributed by atoms with van der Waals surface area (Å²) in [6, 6.07) is 2.96. The molecule has 1 aromatic rings. The highest BCUT2D eigenvalue weighted by atomic mass is 35.5. The molecule has 0 amide bonds. The van der Waals surface area contributed by atoms with Crippen molar-refractivity contribution < 1.29 is 24.2 Å². The Bertz CT molecular complexity index is 342. The van der Waals surface area contributed by atoms with Crippen LogP contribution in [-0.4, -0.2) is 24.9 Å². The van der Waals surface area contributed by atoms with Gasteiger partial charge in [0, 0.05) is 10.8 Å². The summed E-state index contributed by atoms with van der Waals surface area (Å²) in [5.41, 5.74) is 0. The van der Waals surface area contributed by atoms with Gasteiger partial charge in [0.2, 0.25) is 0 Å². The lowest BCUT2D eigenvalue weighted by atomic mass is 10.4. The summed E-state index contributed by atoms with van der Waals surface area (Å²) in [6.07, 6.45) is 1.24. The van der Waals surface area contributed by atoms with Crippen LogP contribution < -0.4 is 9.47 Å². The number of halogens is 1. The van der Waals surface area contributed by atoms with Crippen molar-refractivity contribution in [2.45, 2.75) is 0 Å². The normalized spacial score (nSPS) is 9.57. The van der Waals surface area contributed by atoms with Gasteiger partial charge in [-0.25, -0.2) is 4.79 Å². The highest BCUT2D eigenvalue weighted by Crippen LogP contribution is 2.09. The second kappa shape index (κ2) is 4.66. The Kier molecular flexibility index (Phi) is 3.53. The molecule has 0 atom stereocenters. The molecule has 0 bridgehead atoms. The fourth-order valence-corrected chi connectivity index (χ4v) is 0.851. The molecule has 0 saturated heterocycles. The van der Waals surface area contributed by atoms with E-state index < -0.39 is 5.97 Å². The fourth-order valence-electron chi connectivity index (χ4n) is 0.739. The van der Waals surface area contributed by atoms with Gasteiger partial charge in [-0.2, -0.15) is 0 Å². The molecule has 14 heavy (non-hydrogen) atoms. The molecular weight excluding hydrogens is 210 g/mol. The predicted molar refractivity (Wildman–Crippen MR) is 46.3 cm³/mol. The van der Waals surface area contributed by atoms with Crippen LogP contribution in [0.5, 0.6) is 5.75 Å². The van der Waals surface area contributed by atoms with Crippen molar-refractivity contribution >= 4 is 17.6 Å². The van der Waals surface area contributed by atoms with Crippen LogP contribution in [0, 0.1) is 0 Å². The van der Waals surface area contributed by atoms with Crippen molar-refractivity contribution in [3.63, 3.8) is 0 Å². The van der Waals surface area contributed by atoms with Gasteiger partial charge >= 0.3 is 11.1 Å². The van der Waals surface area contributed by atoms with E-state index in [1.165, 1.54) is 25.4 Å². The predicted octanol–water partition coefficient (Wildman–Crippen LogP) is 0.417. The molecule has 1 heterocycles. The molecule has 0 radical (unpaired) electrons. The Hall–Kier alpha value is -1.49. The van der Waals surface area contributed by atoms with Crippen LogP contribution in [0.25, 0.3) is 0 Å². The van der Waals surface area contributed by atoms with Gasteiger partial charge in [-0.15, -0.1) is 0 Å². The maximum atomic E-state index is 10.7. The zero-order valence-corrected chi connectivity index (χ0v) is 8.19. The molecule has 0 fully saturated rings. The molecule has 0 aliphatic rings. The molecule has 0 aromatic carbocycles. The summed E-state index contributed by atoms with van der Waals surface area (Å²) in [6.45, 7) is -0.210. The van der Waals surface area contributed by atoms with Gasteiger partial charge in [-0.05, 0) is 17.7 Å². The average molecular weight is 219 g/mol. The minimum absolute atomic E-state index is 0.149. The van der Waals surface area contributed by atoms with Gasteiger partial charge in [0.25, 0.3) is 6.20 Å². The average Bonchev–Trinajstić information content (AvgIpc) is 2.19. The Morgan fingerprint density at radius 2 is 2.36 bits per heavy atom. The summed E-state index contributed by atoms with van der Waals surface area (Å²) in [5, 5.41) is 9.26. The Balaban J connectivity index is 2.60. The molecule has 1 N–H and O–H groups in total. The Labute approximate surface area is 85.4 Å². The van der Waals surface area contributed by atoms with Crippen LogP contribution in [-0.2, 0) is 9.53 Å². The summed E-state index contributed by atoms with van der Waals surface area (Å²) in [4.78, 5) is 10.7. The standard InChI is InChI=1S/C8H9ClNO4/c1-13-8(11)5-14-6-2-3-7(9)10(12)4-6/h2-4,12H,5H2,1H3/q+1. The van der Waals surface area contributed by atoms with E-state index >= 15 is 0 Å².